The van der Waals surface area contributed by atoms with Crippen LogP contribution < -0.4 is 0 Å². The zero-order valence-electron chi connectivity index (χ0n) is 11.7. The molecule has 3 aromatic carbocycles. The summed E-state index contributed by atoms with van der Waals surface area (Å²) < 4.78 is 25.1. The second kappa shape index (κ2) is 5.99. The number of hydrogen-bond donors (Lipinski definition) is 1. The lowest BCUT2D eigenvalue weighted by Crippen LogP contribution is -2.01. The van der Waals surface area contributed by atoms with Gasteiger partial charge in [-0.05, 0) is 47.5 Å². The number of benzene rings is 3. The normalized spacial score (nSPS) is 11.3. The van der Waals surface area contributed by atoms with Gasteiger partial charge in [0.2, 0.25) is 9.84 Å². The largest absolute Gasteiger partial charge is 0.219 e. The van der Waals surface area contributed by atoms with Gasteiger partial charge in [-0.2, -0.15) is 0 Å². The maximum atomic E-state index is 12.6. The van der Waals surface area contributed by atoms with E-state index >= 15 is 0 Å². The van der Waals surface area contributed by atoms with Crippen LogP contribution in [-0.4, -0.2) is 8.42 Å². The van der Waals surface area contributed by atoms with E-state index in [0.29, 0.717) is 4.90 Å². The monoisotopic (exact) mass is 326 g/mol. The minimum absolute atomic E-state index is 0.276. The first kappa shape index (κ1) is 14.9. The van der Waals surface area contributed by atoms with Gasteiger partial charge in [-0.15, -0.1) is 12.6 Å². The van der Waals surface area contributed by atoms with Crippen LogP contribution in [-0.2, 0) is 9.84 Å². The second-order valence-electron chi connectivity index (χ2n) is 4.89. The maximum absolute atomic E-state index is 12.6. The Labute approximate surface area is 135 Å². The molecule has 22 heavy (non-hydrogen) atoms. The van der Waals surface area contributed by atoms with E-state index < -0.39 is 9.84 Å². The van der Waals surface area contributed by atoms with Crippen molar-refractivity contribution in [2.24, 2.45) is 0 Å². The summed E-state index contributed by atoms with van der Waals surface area (Å²) in [4.78, 5) is 1.30. The van der Waals surface area contributed by atoms with Crippen LogP contribution in [0, 0.1) is 0 Å². The molecule has 0 fully saturated rings. The van der Waals surface area contributed by atoms with Gasteiger partial charge in [0, 0.05) is 4.90 Å². The smallest absolute Gasteiger partial charge is 0.206 e. The van der Waals surface area contributed by atoms with Gasteiger partial charge < -0.3 is 0 Å². The molecular weight excluding hydrogens is 312 g/mol. The summed E-state index contributed by atoms with van der Waals surface area (Å²) in [5.41, 5.74) is 2.05. The van der Waals surface area contributed by atoms with Gasteiger partial charge in [0.25, 0.3) is 0 Å². The molecule has 0 amide bonds. The van der Waals surface area contributed by atoms with Crippen LogP contribution in [0.25, 0.3) is 11.1 Å². The summed E-state index contributed by atoms with van der Waals surface area (Å²) in [7, 11) is -3.49. The average Bonchev–Trinajstić information content (AvgIpc) is 2.56. The van der Waals surface area contributed by atoms with E-state index in [0.717, 1.165) is 16.0 Å². The summed E-state index contributed by atoms with van der Waals surface area (Å²) in [6.07, 6.45) is 0. The Hall–Kier alpha value is -2.04. The first-order valence-electron chi connectivity index (χ1n) is 6.77. The van der Waals surface area contributed by atoms with Gasteiger partial charge >= 0.3 is 0 Å². The van der Waals surface area contributed by atoms with Crippen LogP contribution >= 0.6 is 12.6 Å². The maximum Gasteiger partial charge on any atom is 0.206 e. The zero-order valence-corrected chi connectivity index (χ0v) is 13.4. The molecule has 3 rings (SSSR count). The van der Waals surface area contributed by atoms with Gasteiger partial charge in [-0.25, -0.2) is 8.42 Å². The molecule has 0 aromatic heterocycles. The van der Waals surface area contributed by atoms with E-state index in [1.54, 1.807) is 36.4 Å². The third-order valence-corrected chi connectivity index (χ3v) is 5.50. The highest BCUT2D eigenvalue weighted by Crippen LogP contribution is 2.25. The first-order chi connectivity index (χ1) is 10.6. The molecule has 2 nitrogen and oxygen atoms in total. The Bertz CT molecular complexity index is 867. The Kier molecular flexibility index (Phi) is 4.05. The summed E-state index contributed by atoms with van der Waals surface area (Å²) in [6, 6.07) is 23.3. The van der Waals surface area contributed by atoms with Crippen molar-refractivity contribution < 1.29 is 8.42 Å². The fraction of sp³-hybridized carbons (Fsp3) is 0. The molecule has 0 radical (unpaired) electrons. The van der Waals surface area contributed by atoms with Crippen LogP contribution in [0.4, 0.5) is 0 Å². The molecule has 0 aliphatic carbocycles. The third kappa shape index (κ3) is 2.93. The van der Waals surface area contributed by atoms with E-state index in [4.69, 9.17) is 0 Å². The lowest BCUT2D eigenvalue weighted by atomic mass is 10.1. The highest BCUT2D eigenvalue weighted by molar-refractivity contribution is 7.91. The Morgan fingerprint density at radius 2 is 1.05 bits per heavy atom. The average molecular weight is 326 g/mol. The van der Waals surface area contributed by atoms with Gasteiger partial charge in [0.05, 0.1) is 9.79 Å². The first-order valence-corrected chi connectivity index (χ1v) is 8.70. The number of sulfone groups is 1. The third-order valence-electron chi connectivity index (χ3n) is 3.42. The van der Waals surface area contributed by atoms with Gasteiger partial charge in [0.15, 0.2) is 0 Å². The molecule has 0 saturated heterocycles. The Morgan fingerprint density at radius 1 is 0.591 bits per heavy atom. The standard InChI is InChI=1S/C18H14O2S2/c19-22(20,18-12-8-16(21)9-13-18)17-10-6-15(7-11-17)14-4-2-1-3-5-14/h1-13,21H. The highest BCUT2D eigenvalue weighted by atomic mass is 32.2. The lowest BCUT2D eigenvalue weighted by molar-refractivity contribution is 0.596. The Balaban J connectivity index is 1.97. The van der Waals surface area contributed by atoms with Gasteiger partial charge in [-0.3, -0.25) is 0 Å². The van der Waals surface area contributed by atoms with Crippen molar-refractivity contribution in [1.29, 1.82) is 0 Å². The molecule has 0 N–H and O–H groups in total. The topological polar surface area (TPSA) is 34.1 Å². The van der Waals surface area contributed by atoms with Crippen molar-refractivity contribution in [3.63, 3.8) is 0 Å². The van der Waals surface area contributed by atoms with E-state index in [2.05, 4.69) is 12.6 Å². The van der Waals surface area contributed by atoms with Crippen molar-refractivity contribution in [1.82, 2.24) is 0 Å². The molecule has 0 aliphatic rings. The summed E-state index contributed by atoms with van der Waals surface area (Å²) in [5, 5.41) is 0. The molecule has 0 saturated carbocycles. The van der Waals surface area contributed by atoms with Crippen LogP contribution in [0.5, 0.6) is 0 Å². The van der Waals surface area contributed by atoms with Crippen molar-refractivity contribution in [3.8, 4) is 11.1 Å². The van der Waals surface area contributed by atoms with Crippen molar-refractivity contribution in [2.45, 2.75) is 14.7 Å². The SMILES string of the molecule is O=S(=O)(c1ccc(S)cc1)c1ccc(-c2ccccc2)cc1. The molecule has 0 unspecified atom stereocenters. The van der Waals surface area contributed by atoms with E-state index in [1.807, 2.05) is 42.5 Å². The number of hydrogen-bond acceptors (Lipinski definition) is 3. The van der Waals surface area contributed by atoms with Crippen LogP contribution in [0.15, 0.2) is 93.5 Å². The predicted molar refractivity (Wildman–Crippen MR) is 91.0 cm³/mol. The zero-order chi connectivity index (χ0) is 15.6. The molecule has 0 atom stereocenters. The Morgan fingerprint density at radius 3 is 1.59 bits per heavy atom. The molecule has 4 heteroatoms. The molecule has 0 heterocycles. The summed E-state index contributed by atoms with van der Waals surface area (Å²) in [6.45, 7) is 0. The van der Waals surface area contributed by atoms with Gasteiger partial charge in [-0.1, -0.05) is 42.5 Å². The fourth-order valence-electron chi connectivity index (χ4n) is 2.22. The van der Waals surface area contributed by atoms with E-state index in [9.17, 15) is 8.42 Å². The van der Waals surface area contributed by atoms with Crippen LogP contribution in [0.1, 0.15) is 0 Å². The van der Waals surface area contributed by atoms with E-state index in [-0.39, 0.29) is 4.90 Å². The minimum Gasteiger partial charge on any atom is -0.219 e. The molecule has 0 spiro atoms. The van der Waals surface area contributed by atoms with Crippen molar-refractivity contribution >= 4 is 22.5 Å². The second-order valence-corrected chi connectivity index (χ2v) is 7.35. The van der Waals surface area contributed by atoms with Crippen molar-refractivity contribution in [3.05, 3.63) is 78.9 Å². The number of rotatable bonds is 3. The molecular formula is C18H14O2S2. The van der Waals surface area contributed by atoms with Gasteiger partial charge in [0.1, 0.15) is 0 Å². The molecule has 3 aromatic rings. The van der Waals surface area contributed by atoms with Crippen molar-refractivity contribution in [2.75, 3.05) is 0 Å². The molecule has 110 valence electrons. The molecule has 0 bridgehead atoms. The summed E-state index contributed by atoms with van der Waals surface area (Å²) in [5.74, 6) is 0. The van der Waals surface area contributed by atoms with Crippen LogP contribution in [0.3, 0.4) is 0 Å². The minimum atomic E-state index is -3.49. The van der Waals surface area contributed by atoms with E-state index in [1.165, 1.54) is 0 Å². The van der Waals surface area contributed by atoms with Crippen LogP contribution in [0.2, 0.25) is 0 Å². The predicted octanol–water partition coefficient (Wildman–Crippen LogP) is 4.48. The quantitative estimate of drug-likeness (QED) is 0.720. The lowest BCUT2D eigenvalue weighted by Gasteiger charge is -2.07. The fourth-order valence-corrected chi connectivity index (χ4v) is 3.63. The summed E-state index contributed by atoms with van der Waals surface area (Å²) >= 11 is 4.17. The number of thiol groups is 1. The molecule has 0 aliphatic heterocycles. The highest BCUT2D eigenvalue weighted by Gasteiger charge is 2.17.